The summed E-state index contributed by atoms with van der Waals surface area (Å²) < 4.78 is 22.0. The van der Waals surface area contributed by atoms with Gasteiger partial charge in [-0.1, -0.05) is 11.6 Å². The molecule has 1 aliphatic carbocycles. The molecule has 0 spiro atoms. The normalized spacial score (nSPS) is 46.8. The first kappa shape index (κ1) is 21.6. The second kappa shape index (κ2) is 9.26. The highest BCUT2D eigenvalue weighted by Crippen LogP contribution is 2.44. The third-order valence-electron chi connectivity index (χ3n) is 7.13. The van der Waals surface area contributed by atoms with E-state index in [0.717, 1.165) is 31.4 Å². The number of fused-ring (bicyclic) bond motifs is 1. The molecule has 1 saturated carbocycles. The number of ether oxygens (including phenoxy) is 1. The number of rotatable bonds is 4. The molecule has 8 heteroatoms. The Labute approximate surface area is 173 Å². The van der Waals surface area contributed by atoms with Crippen LogP contribution in [0.3, 0.4) is 0 Å². The maximum atomic E-state index is 16.0. The number of nitrogens with zero attached hydrogens (tertiary/aromatic N) is 1. The summed E-state index contributed by atoms with van der Waals surface area (Å²) in [5, 5.41) is 24.2. The topological polar surface area (TPSA) is 80.8 Å². The Hall–Kier alpha value is -0.610. The van der Waals surface area contributed by atoms with Crippen LogP contribution in [-0.4, -0.2) is 86.7 Å². The minimum Gasteiger partial charge on any atom is -0.391 e. The second-order valence-electron chi connectivity index (χ2n) is 9.47. The molecule has 3 heterocycles. The van der Waals surface area contributed by atoms with E-state index in [1.165, 1.54) is 0 Å². The van der Waals surface area contributed by atoms with Gasteiger partial charge in [-0.15, -0.1) is 0 Å². The fourth-order valence-electron chi connectivity index (χ4n) is 5.70. The Morgan fingerprint density at radius 2 is 2.14 bits per heavy atom. The summed E-state index contributed by atoms with van der Waals surface area (Å²) in [6.45, 7) is 4.24. The number of β-amino-alcohol motifs (C(OH)–C–C–N with tert-alkyl or cyclic N) is 1. The maximum absolute atomic E-state index is 16.0. The summed E-state index contributed by atoms with van der Waals surface area (Å²) in [6.07, 6.45) is 3.95. The van der Waals surface area contributed by atoms with Gasteiger partial charge in [0.05, 0.1) is 18.4 Å². The SMILES string of the molecule is CNC1CC(C)NC(NC2CC3CCOC3C(C3=CCN(C)C[C@H](O)C3)C2F)N1. The van der Waals surface area contributed by atoms with Gasteiger partial charge in [0.15, 0.2) is 0 Å². The van der Waals surface area contributed by atoms with Crippen molar-refractivity contribution in [3.8, 4) is 0 Å². The number of hydrogen-bond donors (Lipinski definition) is 5. The van der Waals surface area contributed by atoms with Crippen LogP contribution in [-0.2, 0) is 4.74 Å². The van der Waals surface area contributed by atoms with Crippen LogP contribution in [0.2, 0.25) is 0 Å². The highest BCUT2D eigenvalue weighted by Gasteiger charge is 2.50. The summed E-state index contributed by atoms with van der Waals surface area (Å²) in [7, 11) is 3.94. The maximum Gasteiger partial charge on any atom is 0.124 e. The number of halogens is 1. The lowest BCUT2D eigenvalue weighted by Gasteiger charge is -2.45. The zero-order valence-electron chi connectivity index (χ0n) is 17.9. The van der Waals surface area contributed by atoms with E-state index in [9.17, 15) is 5.11 Å². The molecule has 0 aromatic rings. The van der Waals surface area contributed by atoms with Crippen molar-refractivity contribution in [2.45, 2.75) is 75.5 Å². The van der Waals surface area contributed by atoms with Crippen molar-refractivity contribution in [3.05, 3.63) is 11.6 Å². The fourth-order valence-corrected chi connectivity index (χ4v) is 5.70. The van der Waals surface area contributed by atoms with Crippen molar-refractivity contribution in [2.24, 2.45) is 11.8 Å². The van der Waals surface area contributed by atoms with E-state index >= 15 is 4.39 Å². The summed E-state index contributed by atoms with van der Waals surface area (Å²) in [6, 6.07) is 0.108. The van der Waals surface area contributed by atoms with Gasteiger partial charge in [0, 0.05) is 37.7 Å². The van der Waals surface area contributed by atoms with Crippen molar-refractivity contribution < 1.29 is 14.2 Å². The van der Waals surface area contributed by atoms with Crippen LogP contribution in [0, 0.1) is 11.8 Å². The van der Waals surface area contributed by atoms with E-state index in [2.05, 4.69) is 39.2 Å². The second-order valence-corrected chi connectivity index (χ2v) is 9.47. The van der Waals surface area contributed by atoms with Crippen LogP contribution in [0.5, 0.6) is 0 Å². The third kappa shape index (κ3) is 4.84. The number of likely N-dealkylation sites (N-methyl/N-ethyl adjacent to an activating group) is 1. The number of alkyl halides is 1. The van der Waals surface area contributed by atoms with Gasteiger partial charge >= 0.3 is 0 Å². The third-order valence-corrected chi connectivity index (χ3v) is 7.13. The summed E-state index contributed by atoms with van der Waals surface area (Å²) in [5.41, 5.74) is 1.03. The highest BCUT2D eigenvalue weighted by molar-refractivity contribution is 5.19. The first-order valence-corrected chi connectivity index (χ1v) is 11.2. The highest BCUT2D eigenvalue weighted by atomic mass is 19.1. The van der Waals surface area contributed by atoms with Crippen molar-refractivity contribution in [3.63, 3.8) is 0 Å². The lowest BCUT2D eigenvalue weighted by atomic mass is 9.70. The number of aliphatic hydroxyl groups excluding tert-OH is 1. The number of aliphatic hydroxyl groups is 1. The van der Waals surface area contributed by atoms with E-state index in [-0.39, 0.29) is 30.5 Å². The van der Waals surface area contributed by atoms with Gasteiger partial charge in [-0.05, 0) is 52.6 Å². The summed E-state index contributed by atoms with van der Waals surface area (Å²) in [5.74, 6) is 0.0839. The largest absolute Gasteiger partial charge is 0.391 e. The molecule has 0 radical (unpaired) electrons. The average molecular weight is 412 g/mol. The van der Waals surface area contributed by atoms with Gasteiger partial charge in [0.1, 0.15) is 12.5 Å². The molecule has 9 atom stereocenters. The molecule has 3 fully saturated rings. The van der Waals surface area contributed by atoms with Gasteiger partial charge in [-0.25, -0.2) is 4.39 Å². The van der Waals surface area contributed by atoms with Crippen molar-refractivity contribution in [1.29, 1.82) is 0 Å². The van der Waals surface area contributed by atoms with Crippen LogP contribution in [0.4, 0.5) is 4.39 Å². The van der Waals surface area contributed by atoms with Crippen LogP contribution < -0.4 is 21.3 Å². The smallest absolute Gasteiger partial charge is 0.124 e. The molecule has 0 aromatic carbocycles. The lowest BCUT2D eigenvalue weighted by Crippen LogP contribution is -2.69. The monoisotopic (exact) mass is 411 g/mol. The zero-order chi connectivity index (χ0) is 20.5. The Morgan fingerprint density at radius 1 is 1.31 bits per heavy atom. The van der Waals surface area contributed by atoms with Crippen LogP contribution in [0.1, 0.15) is 32.6 Å². The molecule has 166 valence electrons. The molecule has 0 amide bonds. The predicted octanol–water partition coefficient (Wildman–Crippen LogP) is 0.131. The van der Waals surface area contributed by atoms with Crippen LogP contribution in [0.15, 0.2) is 11.6 Å². The van der Waals surface area contributed by atoms with Crippen molar-refractivity contribution in [1.82, 2.24) is 26.2 Å². The van der Waals surface area contributed by atoms with Crippen LogP contribution in [0.25, 0.3) is 0 Å². The van der Waals surface area contributed by atoms with Crippen molar-refractivity contribution in [2.75, 3.05) is 33.8 Å². The quantitative estimate of drug-likeness (QED) is 0.421. The molecule has 3 aliphatic heterocycles. The Morgan fingerprint density at radius 3 is 2.93 bits per heavy atom. The van der Waals surface area contributed by atoms with E-state index in [4.69, 9.17) is 4.74 Å². The van der Waals surface area contributed by atoms with Gasteiger partial charge < -0.3 is 20.1 Å². The molecule has 4 aliphatic rings. The predicted molar refractivity (Wildman–Crippen MR) is 111 cm³/mol. The number of nitrogens with one attached hydrogen (secondary N) is 4. The average Bonchev–Trinajstić information content (AvgIpc) is 3.06. The molecule has 0 aromatic heterocycles. The molecule has 7 nitrogen and oxygen atoms in total. The standard InChI is InChI=1S/C21H38FN5O2/c1-12-8-17(23-2)26-21(24-12)25-16-10-14-5-7-29-20(14)18(19(16)22)13-4-6-27(3)11-15(28)9-13/h4,12,14-21,23-26,28H,5-11H2,1-3H3/t12?,14?,15-,16?,17?,18?,19?,20?,21?/m1/s1. The van der Waals surface area contributed by atoms with Crippen LogP contribution >= 0.6 is 0 Å². The Bertz CT molecular complexity index is 593. The van der Waals surface area contributed by atoms with E-state index in [0.29, 0.717) is 31.5 Å². The first-order valence-electron chi connectivity index (χ1n) is 11.2. The zero-order valence-corrected chi connectivity index (χ0v) is 17.9. The molecular weight excluding hydrogens is 373 g/mol. The lowest BCUT2D eigenvalue weighted by molar-refractivity contribution is -0.0278. The summed E-state index contributed by atoms with van der Waals surface area (Å²) >= 11 is 0. The summed E-state index contributed by atoms with van der Waals surface area (Å²) in [4.78, 5) is 2.09. The molecular formula is C21H38FN5O2. The van der Waals surface area contributed by atoms with E-state index in [1.807, 2.05) is 14.1 Å². The number of hydrogen-bond acceptors (Lipinski definition) is 7. The van der Waals surface area contributed by atoms with Gasteiger partial charge in [-0.3, -0.25) is 16.0 Å². The minimum atomic E-state index is -1.04. The van der Waals surface area contributed by atoms with Gasteiger partial charge in [-0.2, -0.15) is 0 Å². The Balaban J connectivity index is 1.51. The minimum absolute atomic E-state index is 0.0684. The Kier molecular flexibility index (Phi) is 6.90. The van der Waals surface area contributed by atoms with Gasteiger partial charge in [0.25, 0.3) is 0 Å². The molecule has 29 heavy (non-hydrogen) atoms. The van der Waals surface area contributed by atoms with Crippen molar-refractivity contribution >= 4 is 0 Å². The molecule has 5 N–H and O–H groups in total. The molecule has 8 unspecified atom stereocenters. The molecule has 4 rings (SSSR count). The van der Waals surface area contributed by atoms with Gasteiger partial charge in [0.2, 0.25) is 0 Å². The fraction of sp³-hybridized carbons (Fsp3) is 0.905. The van der Waals surface area contributed by atoms with E-state index in [1.54, 1.807) is 0 Å². The first-order chi connectivity index (χ1) is 13.9. The molecule has 0 bridgehead atoms. The molecule has 2 saturated heterocycles. The van der Waals surface area contributed by atoms with E-state index < -0.39 is 12.3 Å².